The Hall–Kier alpha value is -2.94. The monoisotopic (exact) mass is 526 g/mol. The van der Waals surface area contributed by atoms with Gasteiger partial charge in [0.05, 0.1) is 30.7 Å². The van der Waals surface area contributed by atoms with E-state index in [1.165, 1.54) is 0 Å². The van der Waals surface area contributed by atoms with E-state index in [9.17, 15) is 4.79 Å². The Bertz CT molecular complexity index is 1280. The maximum Gasteiger partial charge on any atom is 0.219 e. The Balaban J connectivity index is 1.42. The quantitative estimate of drug-likeness (QED) is 0.495. The zero-order valence-corrected chi connectivity index (χ0v) is 21.9. The van der Waals surface area contributed by atoms with Gasteiger partial charge in [-0.3, -0.25) is 9.69 Å². The standard InChI is InChI=1S/C26H28Cl2N6O2/c1-17(35)34-9-8-21-23(16-34)30-25(22-4-3-5-24(29-22)36-2)26(31-21)33-12-10-32(11-13-33)15-18-14-19(27)6-7-20(18)28/h3-7,14H,8-13,15-16H2,1-2H3. The van der Waals surface area contributed by atoms with Gasteiger partial charge in [-0.05, 0) is 29.8 Å². The number of ether oxygens (including phenoxy) is 1. The number of benzene rings is 1. The average molecular weight is 527 g/mol. The molecule has 5 rings (SSSR count). The molecule has 2 aliphatic rings. The molecule has 0 saturated carbocycles. The first-order valence-corrected chi connectivity index (χ1v) is 12.7. The van der Waals surface area contributed by atoms with Crippen LogP contribution in [0, 0.1) is 0 Å². The fourth-order valence-electron chi connectivity index (χ4n) is 4.67. The maximum absolute atomic E-state index is 12.0. The van der Waals surface area contributed by atoms with E-state index in [2.05, 4.69) is 14.8 Å². The van der Waals surface area contributed by atoms with Crippen LogP contribution in [0.5, 0.6) is 5.88 Å². The highest BCUT2D eigenvalue weighted by atomic mass is 35.5. The van der Waals surface area contributed by atoms with Gasteiger partial charge < -0.3 is 14.5 Å². The third-order valence-electron chi connectivity index (χ3n) is 6.69. The molecular formula is C26H28Cl2N6O2. The van der Waals surface area contributed by atoms with E-state index < -0.39 is 0 Å². The minimum Gasteiger partial charge on any atom is -0.481 e. The zero-order chi connectivity index (χ0) is 25.2. The second-order valence-electron chi connectivity index (χ2n) is 9.04. The topological polar surface area (TPSA) is 74.7 Å². The summed E-state index contributed by atoms with van der Waals surface area (Å²) in [6, 6.07) is 11.2. The first-order valence-electron chi connectivity index (χ1n) is 12.0. The number of aromatic nitrogens is 3. The molecule has 3 aromatic rings. The lowest BCUT2D eigenvalue weighted by atomic mass is 10.1. The zero-order valence-electron chi connectivity index (χ0n) is 20.4. The molecule has 1 saturated heterocycles. The highest BCUT2D eigenvalue weighted by Crippen LogP contribution is 2.31. The molecule has 8 nitrogen and oxygen atoms in total. The van der Waals surface area contributed by atoms with E-state index in [1.807, 2.05) is 36.4 Å². The normalized spacial score (nSPS) is 16.1. The van der Waals surface area contributed by atoms with E-state index in [0.29, 0.717) is 41.8 Å². The van der Waals surface area contributed by atoms with Crippen LogP contribution in [0.25, 0.3) is 11.4 Å². The number of amides is 1. The number of rotatable bonds is 5. The fraction of sp³-hybridized carbons (Fsp3) is 0.385. The second kappa shape index (κ2) is 10.6. The molecule has 188 valence electrons. The van der Waals surface area contributed by atoms with Crippen molar-refractivity contribution < 1.29 is 9.53 Å². The van der Waals surface area contributed by atoms with Crippen LogP contribution in [0.4, 0.5) is 5.82 Å². The Morgan fingerprint density at radius 2 is 1.81 bits per heavy atom. The van der Waals surface area contributed by atoms with E-state index in [0.717, 1.165) is 60.5 Å². The van der Waals surface area contributed by atoms with Crippen molar-refractivity contribution in [3.05, 3.63) is 63.4 Å². The molecule has 0 bridgehead atoms. The highest BCUT2D eigenvalue weighted by molar-refractivity contribution is 6.33. The van der Waals surface area contributed by atoms with Crippen LogP contribution in [0.2, 0.25) is 10.0 Å². The largest absolute Gasteiger partial charge is 0.481 e. The molecule has 4 heterocycles. The number of anilines is 1. The van der Waals surface area contributed by atoms with Gasteiger partial charge in [0.2, 0.25) is 11.8 Å². The van der Waals surface area contributed by atoms with Crippen LogP contribution in [0.3, 0.4) is 0 Å². The summed E-state index contributed by atoms with van der Waals surface area (Å²) in [5.41, 5.74) is 4.22. The van der Waals surface area contributed by atoms with Gasteiger partial charge in [-0.2, -0.15) is 0 Å². The molecular weight excluding hydrogens is 499 g/mol. The smallest absolute Gasteiger partial charge is 0.219 e. The predicted octanol–water partition coefficient (Wildman–Crippen LogP) is 4.08. The van der Waals surface area contributed by atoms with Crippen LogP contribution >= 0.6 is 23.2 Å². The summed E-state index contributed by atoms with van der Waals surface area (Å²) < 4.78 is 5.36. The first kappa shape index (κ1) is 24.7. The number of fused-ring (bicyclic) bond motifs is 1. The summed E-state index contributed by atoms with van der Waals surface area (Å²) in [4.78, 5) is 33.2. The Morgan fingerprint density at radius 3 is 2.56 bits per heavy atom. The Morgan fingerprint density at radius 1 is 1.00 bits per heavy atom. The third-order valence-corrected chi connectivity index (χ3v) is 7.29. The van der Waals surface area contributed by atoms with Gasteiger partial charge >= 0.3 is 0 Å². The summed E-state index contributed by atoms with van der Waals surface area (Å²) in [6.45, 7) is 6.74. The van der Waals surface area contributed by atoms with Crippen molar-refractivity contribution >= 4 is 34.9 Å². The summed E-state index contributed by atoms with van der Waals surface area (Å²) >= 11 is 12.6. The van der Waals surface area contributed by atoms with Crippen LogP contribution in [0.15, 0.2) is 36.4 Å². The van der Waals surface area contributed by atoms with Gasteiger partial charge in [-0.15, -0.1) is 0 Å². The molecule has 1 aromatic carbocycles. The van der Waals surface area contributed by atoms with Gasteiger partial charge in [0, 0.05) is 68.7 Å². The number of carbonyl (C=O) groups is 1. The van der Waals surface area contributed by atoms with Crippen LogP contribution in [-0.4, -0.2) is 70.5 Å². The van der Waals surface area contributed by atoms with Crippen molar-refractivity contribution in [2.45, 2.75) is 26.4 Å². The summed E-state index contributed by atoms with van der Waals surface area (Å²) in [5, 5.41) is 1.42. The molecule has 0 aliphatic carbocycles. The van der Waals surface area contributed by atoms with Crippen LogP contribution < -0.4 is 9.64 Å². The number of nitrogens with zero attached hydrogens (tertiary/aromatic N) is 6. The number of pyridine rings is 1. The minimum atomic E-state index is 0.0449. The Labute approximate surface area is 220 Å². The molecule has 0 N–H and O–H groups in total. The van der Waals surface area contributed by atoms with Crippen molar-refractivity contribution in [1.29, 1.82) is 0 Å². The summed E-state index contributed by atoms with van der Waals surface area (Å²) in [6.07, 6.45) is 0.688. The number of halogens is 2. The number of carbonyl (C=O) groups excluding carboxylic acids is 1. The second-order valence-corrected chi connectivity index (χ2v) is 9.89. The van der Waals surface area contributed by atoms with Crippen molar-refractivity contribution in [2.24, 2.45) is 0 Å². The van der Waals surface area contributed by atoms with Crippen molar-refractivity contribution in [2.75, 3.05) is 44.7 Å². The van der Waals surface area contributed by atoms with Gasteiger partial charge in [0.1, 0.15) is 5.69 Å². The molecule has 0 radical (unpaired) electrons. The van der Waals surface area contributed by atoms with Gasteiger partial charge in [-0.1, -0.05) is 29.3 Å². The molecule has 1 fully saturated rings. The molecule has 0 unspecified atom stereocenters. The van der Waals surface area contributed by atoms with Crippen molar-refractivity contribution in [1.82, 2.24) is 24.8 Å². The number of hydrogen-bond acceptors (Lipinski definition) is 7. The van der Waals surface area contributed by atoms with E-state index in [-0.39, 0.29) is 5.91 Å². The lowest BCUT2D eigenvalue weighted by molar-refractivity contribution is -0.129. The molecule has 10 heteroatoms. The third kappa shape index (κ3) is 5.26. The van der Waals surface area contributed by atoms with Crippen LogP contribution in [0.1, 0.15) is 23.9 Å². The molecule has 2 aliphatic heterocycles. The predicted molar refractivity (Wildman–Crippen MR) is 141 cm³/mol. The van der Waals surface area contributed by atoms with E-state index in [1.54, 1.807) is 18.9 Å². The molecule has 36 heavy (non-hydrogen) atoms. The number of methoxy groups -OCH3 is 1. The summed E-state index contributed by atoms with van der Waals surface area (Å²) in [5.74, 6) is 1.39. The van der Waals surface area contributed by atoms with Crippen LogP contribution in [-0.2, 0) is 24.3 Å². The molecule has 2 aromatic heterocycles. The lowest BCUT2D eigenvalue weighted by Gasteiger charge is -2.37. The van der Waals surface area contributed by atoms with E-state index in [4.69, 9.17) is 37.9 Å². The fourth-order valence-corrected chi connectivity index (χ4v) is 5.04. The average Bonchev–Trinajstić information content (AvgIpc) is 2.90. The van der Waals surface area contributed by atoms with Crippen molar-refractivity contribution in [3.8, 4) is 17.3 Å². The van der Waals surface area contributed by atoms with E-state index >= 15 is 0 Å². The lowest BCUT2D eigenvalue weighted by Crippen LogP contribution is -2.46. The first-order chi connectivity index (χ1) is 17.4. The Kier molecular flexibility index (Phi) is 7.27. The summed E-state index contributed by atoms with van der Waals surface area (Å²) in [7, 11) is 1.60. The molecule has 1 amide bonds. The molecule has 0 spiro atoms. The number of piperazine rings is 1. The SMILES string of the molecule is COc1cccc(-c2nc3c(nc2N2CCN(Cc4cc(Cl)ccc4Cl)CC2)CCN(C(C)=O)C3)n1. The minimum absolute atomic E-state index is 0.0449. The molecule has 0 atom stereocenters. The number of hydrogen-bond donors (Lipinski definition) is 0. The van der Waals surface area contributed by atoms with Gasteiger partial charge in [0.15, 0.2) is 5.82 Å². The van der Waals surface area contributed by atoms with Gasteiger partial charge in [0.25, 0.3) is 0 Å². The van der Waals surface area contributed by atoms with Gasteiger partial charge in [-0.25, -0.2) is 15.0 Å². The highest BCUT2D eigenvalue weighted by Gasteiger charge is 2.28. The van der Waals surface area contributed by atoms with Crippen molar-refractivity contribution in [3.63, 3.8) is 0 Å². The maximum atomic E-state index is 12.0.